The Morgan fingerprint density at radius 1 is 1.12 bits per heavy atom. The first kappa shape index (κ1) is 16.6. The second-order valence-corrected chi connectivity index (χ2v) is 7.70. The minimum atomic E-state index is -3.65. The van der Waals surface area contributed by atoms with Gasteiger partial charge in [0.05, 0.1) is 4.90 Å². The summed E-state index contributed by atoms with van der Waals surface area (Å²) in [6.45, 7) is 0.0202. The molecular formula is C16H15N3O3S2. The van der Waals surface area contributed by atoms with E-state index < -0.39 is 10.0 Å². The Labute approximate surface area is 143 Å². The molecule has 0 unspecified atom stereocenters. The minimum absolute atomic E-state index is 0.0202. The zero-order chi connectivity index (χ0) is 17.0. The van der Waals surface area contributed by atoms with E-state index in [1.807, 2.05) is 24.3 Å². The van der Waals surface area contributed by atoms with Gasteiger partial charge in [0.15, 0.2) is 5.13 Å². The van der Waals surface area contributed by atoms with Gasteiger partial charge in [0, 0.05) is 24.5 Å². The number of rotatable bonds is 6. The van der Waals surface area contributed by atoms with Crippen LogP contribution in [0.3, 0.4) is 0 Å². The van der Waals surface area contributed by atoms with Gasteiger partial charge in [0.25, 0.3) is 0 Å². The molecule has 0 saturated carbocycles. The molecule has 24 heavy (non-hydrogen) atoms. The van der Waals surface area contributed by atoms with Gasteiger partial charge < -0.3 is 5.32 Å². The van der Waals surface area contributed by atoms with Gasteiger partial charge in [-0.3, -0.25) is 4.79 Å². The lowest BCUT2D eigenvalue weighted by Crippen LogP contribution is -2.27. The lowest BCUT2D eigenvalue weighted by molar-refractivity contribution is -0.116. The van der Waals surface area contributed by atoms with Gasteiger partial charge in [0.2, 0.25) is 15.9 Å². The van der Waals surface area contributed by atoms with E-state index in [0.29, 0.717) is 5.13 Å². The number of anilines is 1. The molecular weight excluding hydrogens is 346 g/mol. The molecule has 0 atom stereocenters. The first-order valence-corrected chi connectivity index (χ1v) is 9.59. The van der Waals surface area contributed by atoms with Crippen molar-refractivity contribution in [1.29, 1.82) is 0 Å². The summed E-state index contributed by atoms with van der Waals surface area (Å²) < 4.78 is 27.1. The van der Waals surface area contributed by atoms with Crippen LogP contribution < -0.4 is 10.0 Å². The highest BCUT2D eigenvalue weighted by Crippen LogP contribution is 2.18. The van der Waals surface area contributed by atoms with Crippen LogP contribution in [0.15, 0.2) is 58.9 Å². The number of carbonyl (C=O) groups excluding carboxylic acids is 1. The number of nitrogens with zero attached hydrogens (tertiary/aromatic N) is 1. The quantitative estimate of drug-likeness (QED) is 0.706. The molecule has 2 N–H and O–H groups in total. The molecule has 3 aromatic rings. The highest BCUT2D eigenvalue weighted by molar-refractivity contribution is 7.89. The molecule has 0 fully saturated rings. The van der Waals surface area contributed by atoms with Crippen LogP contribution in [0.5, 0.6) is 0 Å². The number of sulfonamides is 1. The van der Waals surface area contributed by atoms with E-state index >= 15 is 0 Å². The van der Waals surface area contributed by atoms with Crippen LogP contribution in [0, 0.1) is 0 Å². The summed E-state index contributed by atoms with van der Waals surface area (Å²) in [5.74, 6) is -0.286. The second kappa shape index (κ2) is 7.08. The van der Waals surface area contributed by atoms with Crippen molar-refractivity contribution < 1.29 is 13.2 Å². The SMILES string of the molecule is O=C(CCNS(=O)(=O)c1ccc2ccccc2c1)Nc1nccs1. The summed E-state index contributed by atoms with van der Waals surface area (Å²) in [7, 11) is -3.65. The molecule has 1 amide bonds. The number of benzene rings is 2. The van der Waals surface area contributed by atoms with Crippen molar-refractivity contribution in [2.24, 2.45) is 0 Å². The van der Waals surface area contributed by atoms with Crippen LogP contribution in [0.25, 0.3) is 10.8 Å². The average Bonchev–Trinajstić information content (AvgIpc) is 3.07. The van der Waals surface area contributed by atoms with Gasteiger partial charge in [-0.15, -0.1) is 11.3 Å². The maximum absolute atomic E-state index is 12.3. The molecule has 0 saturated heterocycles. The highest BCUT2D eigenvalue weighted by atomic mass is 32.2. The lowest BCUT2D eigenvalue weighted by atomic mass is 10.1. The Kier molecular flexibility index (Phi) is 4.89. The summed E-state index contributed by atoms with van der Waals surface area (Å²) in [6.07, 6.45) is 1.62. The third kappa shape index (κ3) is 3.97. The normalized spacial score (nSPS) is 11.5. The predicted octanol–water partition coefficient (Wildman–Crippen LogP) is 2.60. The maximum Gasteiger partial charge on any atom is 0.240 e. The van der Waals surface area contributed by atoms with Crippen LogP contribution in [-0.2, 0) is 14.8 Å². The number of fused-ring (bicyclic) bond motifs is 1. The number of thiazole rings is 1. The summed E-state index contributed by atoms with van der Waals surface area (Å²) in [6, 6.07) is 12.5. The monoisotopic (exact) mass is 361 g/mol. The third-order valence-corrected chi connectivity index (χ3v) is 5.50. The van der Waals surface area contributed by atoms with Crippen LogP contribution in [0.4, 0.5) is 5.13 Å². The number of hydrogen-bond acceptors (Lipinski definition) is 5. The van der Waals surface area contributed by atoms with Crippen molar-refractivity contribution in [3.8, 4) is 0 Å². The minimum Gasteiger partial charge on any atom is -0.302 e. The zero-order valence-corrected chi connectivity index (χ0v) is 14.2. The zero-order valence-electron chi connectivity index (χ0n) is 12.6. The number of carbonyl (C=O) groups is 1. The molecule has 6 nitrogen and oxygen atoms in total. The highest BCUT2D eigenvalue weighted by Gasteiger charge is 2.15. The first-order chi connectivity index (χ1) is 11.5. The smallest absolute Gasteiger partial charge is 0.240 e. The van der Waals surface area contributed by atoms with E-state index in [-0.39, 0.29) is 23.8 Å². The molecule has 0 bridgehead atoms. The van der Waals surface area contributed by atoms with Crippen molar-refractivity contribution in [2.45, 2.75) is 11.3 Å². The van der Waals surface area contributed by atoms with E-state index in [1.54, 1.807) is 29.8 Å². The van der Waals surface area contributed by atoms with E-state index in [2.05, 4.69) is 15.0 Å². The summed E-state index contributed by atoms with van der Waals surface area (Å²) in [5.41, 5.74) is 0. The van der Waals surface area contributed by atoms with Gasteiger partial charge in [-0.1, -0.05) is 30.3 Å². The molecule has 8 heteroatoms. The third-order valence-electron chi connectivity index (χ3n) is 3.35. The molecule has 0 aliphatic carbocycles. The van der Waals surface area contributed by atoms with E-state index in [0.717, 1.165) is 10.8 Å². The average molecular weight is 361 g/mol. The first-order valence-electron chi connectivity index (χ1n) is 7.22. The molecule has 0 aliphatic rings. The predicted molar refractivity (Wildman–Crippen MR) is 94.5 cm³/mol. The van der Waals surface area contributed by atoms with E-state index in [4.69, 9.17) is 0 Å². The van der Waals surface area contributed by atoms with Gasteiger partial charge in [0.1, 0.15) is 0 Å². The van der Waals surface area contributed by atoms with E-state index in [1.165, 1.54) is 11.3 Å². The van der Waals surface area contributed by atoms with Crippen molar-refractivity contribution >= 4 is 43.2 Å². The fraction of sp³-hybridized carbons (Fsp3) is 0.125. The van der Waals surface area contributed by atoms with Crippen LogP contribution in [0.1, 0.15) is 6.42 Å². The maximum atomic E-state index is 12.3. The Hall–Kier alpha value is -2.29. The molecule has 1 aromatic heterocycles. The Bertz CT molecular complexity index is 954. The summed E-state index contributed by atoms with van der Waals surface area (Å²) in [4.78, 5) is 15.8. The van der Waals surface area contributed by atoms with Crippen molar-refractivity contribution in [1.82, 2.24) is 9.71 Å². The van der Waals surface area contributed by atoms with Gasteiger partial charge in [-0.05, 0) is 22.9 Å². The molecule has 0 aliphatic heterocycles. The molecule has 2 aromatic carbocycles. The Morgan fingerprint density at radius 3 is 2.67 bits per heavy atom. The summed E-state index contributed by atoms with van der Waals surface area (Å²) >= 11 is 1.31. The van der Waals surface area contributed by atoms with Crippen molar-refractivity contribution in [2.75, 3.05) is 11.9 Å². The Morgan fingerprint density at radius 2 is 1.92 bits per heavy atom. The van der Waals surface area contributed by atoms with Crippen LogP contribution >= 0.6 is 11.3 Å². The topological polar surface area (TPSA) is 88.2 Å². The Balaban J connectivity index is 1.61. The van der Waals surface area contributed by atoms with Crippen molar-refractivity contribution in [3.63, 3.8) is 0 Å². The second-order valence-electron chi connectivity index (χ2n) is 5.04. The molecule has 1 heterocycles. The van der Waals surface area contributed by atoms with Gasteiger partial charge in [-0.25, -0.2) is 18.1 Å². The molecule has 0 radical (unpaired) electrons. The standard InChI is InChI=1S/C16H15N3O3S2/c20-15(19-16-17-9-10-23-16)7-8-18-24(21,22)14-6-5-12-3-1-2-4-13(12)11-14/h1-6,9-11,18H,7-8H2,(H,17,19,20). The van der Waals surface area contributed by atoms with Crippen LogP contribution in [0.2, 0.25) is 0 Å². The number of hydrogen-bond donors (Lipinski definition) is 2. The lowest BCUT2D eigenvalue weighted by Gasteiger charge is -2.08. The molecule has 124 valence electrons. The number of amides is 1. The fourth-order valence-corrected chi connectivity index (χ4v) is 3.80. The number of nitrogens with one attached hydrogen (secondary N) is 2. The van der Waals surface area contributed by atoms with Crippen LogP contribution in [-0.4, -0.2) is 25.9 Å². The largest absolute Gasteiger partial charge is 0.302 e. The summed E-state index contributed by atoms with van der Waals surface area (Å²) in [5, 5.41) is 6.67. The van der Waals surface area contributed by atoms with E-state index in [9.17, 15) is 13.2 Å². The fourth-order valence-electron chi connectivity index (χ4n) is 2.18. The number of aromatic nitrogens is 1. The van der Waals surface area contributed by atoms with Crippen molar-refractivity contribution in [3.05, 3.63) is 54.0 Å². The molecule has 0 spiro atoms. The molecule has 3 rings (SSSR count). The van der Waals surface area contributed by atoms with Gasteiger partial charge in [-0.2, -0.15) is 0 Å². The van der Waals surface area contributed by atoms with Gasteiger partial charge >= 0.3 is 0 Å².